The molecule has 2 aromatic carbocycles. The summed E-state index contributed by atoms with van der Waals surface area (Å²) in [6, 6.07) is 12.6. The van der Waals surface area contributed by atoms with Gasteiger partial charge < -0.3 is 4.84 Å². The molecule has 29 heavy (non-hydrogen) atoms. The fourth-order valence-corrected chi connectivity index (χ4v) is 3.19. The van der Waals surface area contributed by atoms with Crippen LogP contribution in [0.3, 0.4) is 0 Å². The predicted molar refractivity (Wildman–Crippen MR) is 102 cm³/mol. The molecule has 0 atom stereocenters. The molecule has 1 amide bonds. The highest BCUT2D eigenvalue weighted by molar-refractivity contribution is 5.96. The molecule has 0 spiro atoms. The van der Waals surface area contributed by atoms with Crippen LogP contribution in [0, 0.1) is 0 Å². The standard InChI is InChI=1S/C20H17F3N4O2/c21-20(22,23)15-5-3-4-14(12-15)13-8-10-27(11-9-13)29-19(28)24-18-16-6-1-2-7-17(16)25-26-18/h1-8,12H,9-11H2,(H2,24,25,26,28). The Labute approximate surface area is 163 Å². The number of aromatic amines is 1. The number of hydrogen-bond donors (Lipinski definition) is 2. The lowest BCUT2D eigenvalue weighted by molar-refractivity contribution is -0.137. The largest absolute Gasteiger partial charge is 0.432 e. The number of rotatable bonds is 3. The van der Waals surface area contributed by atoms with Crippen LogP contribution in [-0.4, -0.2) is 34.4 Å². The van der Waals surface area contributed by atoms with Gasteiger partial charge in [-0.3, -0.25) is 10.4 Å². The Morgan fingerprint density at radius 1 is 1.17 bits per heavy atom. The molecule has 0 saturated heterocycles. The maximum absolute atomic E-state index is 12.9. The molecular weight excluding hydrogens is 385 g/mol. The van der Waals surface area contributed by atoms with Crippen molar-refractivity contribution in [3.63, 3.8) is 0 Å². The van der Waals surface area contributed by atoms with Crippen molar-refractivity contribution in [1.82, 2.24) is 15.3 Å². The molecule has 2 heterocycles. The Kier molecular flexibility index (Phi) is 4.98. The van der Waals surface area contributed by atoms with Gasteiger partial charge in [0.15, 0.2) is 5.82 Å². The number of nitrogens with zero attached hydrogens (tertiary/aromatic N) is 2. The Bertz CT molecular complexity index is 1070. The zero-order chi connectivity index (χ0) is 20.4. The monoisotopic (exact) mass is 402 g/mol. The highest BCUT2D eigenvalue weighted by Crippen LogP contribution is 2.32. The van der Waals surface area contributed by atoms with Gasteiger partial charge in [-0.15, -0.1) is 5.06 Å². The summed E-state index contributed by atoms with van der Waals surface area (Å²) in [5.41, 5.74) is 1.41. The smallest absolute Gasteiger partial charge is 0.350 e. The summed E-state index contributed by atoms with van der Waals surface area (Å²) in [5.74, 6) is 0.364. The van der Waals surface area contributed by atoms with E-state index in [1.54, 1.807) is 12.1 Å². The summed E-state index contributed by atoms with van der Waals surface area (Å²) in [6.45, 7) is 0.650. The number of amides is 1. The number of nitrogens with one attached hydrogen (secondary N) is 2. The van der Waals surface area contributed by atoms with E-state index in [0.29, 0.717) is 24.3 Å². The zero-order valence-corrected chi connectivity index (χ0v) is 15.2. The molecule has 0 unspecified atom stereocenters. The lowest BCUT2D eigenvalue weighted by Gasteiger charge is -2.25. The first kappa shape index (κ1) is 19.0. The number of hydroxylamine groups is 2. The number of carbonyl (C=O) groups is 1. The average Bonchev–Trinajstić information content (AvgIpc) is 3.11. The summed E-state index contributed by atoms with van der Waals surface area (Å²) in [4.78, 5) is 17.4. The number of aromatic nitrogens is 2. The normalized spacial score (nSPS) is 15.2. The van der Waals surface area contributed by atoms with Crippen LogP contribution in [0.4, 0.5) is 23.8 Å². The number of carbonyl (C=O) groups excluding carboxylic acids is 1. The van der Waals surface area contributed by atoms with Crippen LogP contribution < -0.4 is 5.32 Å². The van der Waals surface area contributed by atoms with Crippen LogP contribution in [-0.2, 0) is 11.0 Å². The van der Waals surface area contributed by atoms with Crippen molar-refractivity contribution in [2.75, 3.05) is 18.4 Å². The molecule has 0 saturated carbocycles. The second-order valence-corrected chi connectivity index (χ2v) is 6.57. The molecule has 1 aromatic heterocycles. The molecule has 0 aliphatic carbocycles. The molecule has 0 radical (unpaired) electrons. The third kappa shape index (κ3) is 4.24. The summed E-state index contributed by atoms with van der Waals surface area (Å²) in [7, 11) is 0. The molecule has 1 aliphatic heterocycles. The minimum Gasteiger partial charge on any atom is -0.350 e. The van der Waals surface area contributed by atoms with E-state index < -0.39 is 17.8 Å². The average molecular weight is 402 g/mol. The SMILES string of the molecule is O=C(Nc1n[nH]c2ccccc12)ON1CC=C(c2cccc(C(F)(F)F)c2)CC1. The van der Waals surface area contributed by atoms with Gasteiger partial charge in [0.2, 0.25) is 0 Å². The van der Waals surface area contributed by atoms with Crippen molar-refractivity contribution in [1.29, 1.82) is 0 Å². The quantitative estimate of drug-likeness (QED) is 0.658. The van der Waals surface area contributed by atoms with Gasteiger partial charge in [0, 0.05) is 11.9 Å². The number of anilines is 1. The van der Waals surface area contributed by atoms with E-state index in [0.717, 1.165) is 28.6 Å². The van der Waals surface area contributed by atoms with Crippen molar-refractivity contribution in [3.8, 4) is 0 Å². The van der Waals surface area contributed by atoms with Gasteiger partial charge in [0.05, 0.1) is 17.6 Å². The summed E-state index contributed by atoms with van der Waals surface area (Å²) < 4.78 is 38.7. The predicted octanol–water partition coefficient (Wildman–Crippen LogP) is 4.83. The first-order valence-corrected chi connectivity index (χ1v) is 8.94. The molecule has 150 valence electrons. The molecule has 9 heteroatoms. The van der Waals surface area contributed by atoms with E-state index in [-0.39, 0.29) is 6.54 Å². The molecule has 4 rings (SSSR count). The highest BCUT2D eigenvalue weighted by atomic mass is 19.4. The highest BCUT2D eigenvalue weighted by Gasteiger charge is 2.30. The van der Waals surface area contributed by atoms with E-state index in [1.807, 2.05) is 24.3 Å². The van der Waals surface area contributed by atoms with Crippen LogP contribution in [0.2, 0.25) is 0 Å². The summed E-state index contributed by atoms with van der Waals surface area (Å²) in [6.07, 6.45) is -2.84. The Morgan fingerprint density at radius 3 is 2.76 bits per heavy atom. The number of hydrogen-bond acceptors (Lipinski definition) is 4. The minimum absolute atomic E-state index is 0.278. The maximum atomic E-state index is 12.9. The second kappa shape index (κ2) is 7.59. The third-order valence-electron chi connectivity index (χ3n) is 4.64. The molecule has 1 aliphatic rings. The number of para-hydroxylation sites is 1. The van der Waals surface area contributed by atoms with Crippen molar-refractivity contribution < 1.29 is 22.8 Å². The molecule has 3 aromatic rings. The zero-order valence-electron chi connectivity index (χ0n) is 15.2. The maximum Gasteiger partial charge on any atom is 0.432 e. The van der Waals surface area contributed by atoms with E-state index in [1.165, 1.54) is 11.1 Å². The number of alkyl halides is 3. The van der Waals surface area contributed by atoms with Crippen LogP contribution in [0.1, 0.15) is 17.5 Å². The van der Waals surface area contributed by atoms with Gasteiger partial charge in [-0.05, 0) is 41.8 Å². The first-order chi connectivity index (χ1) is 13.9. The Hall–Kier alpha value is -3.33. The van der Waals surface area contributed by atoms with Gasteiger partial charge in [0.25, 0.3) is 0 Å². The lowest BCUT2D eigenvalue weighted by atomic mass is 9.98. The van der Waals surface area contributed by atoms with E-state index in [4.69, 9.17) is 4.84 Å². The molecular formula is C20H17F3N4O2. The molecule has 2 N–H and O–H groups in total. The van der Waals surface area contributed by atoms with Gasteiger partial charge in [-0.25, -0.2) is 4.79 Å². The molecule has 0 bridgehead atoms. The van der Waals surface area contributed by atoms with Crippen molar-refractivity contribution >= 4 is 28.4 Å². The van der Waals surface area contributed by atoms with Crippen LogP contribution in [0.15, 0.2) is 54.6 Å². The Balaban J connectivity index is 1.38. The van der Waals surface area contributed by atoms with Crippen molar-refractivity contribution in [2.45, 2.75) is 12.6 Å². The summed E-state index contributed by atoms with van der Waals surface area (Å²) >= 11 is 0. The van der Waals surface area contributed by atoms with Gasteiger partial charge in [-0.1, -0.05) is 30.3 Å². The van der Waals surface area contributed by atoms with Crippen LogP contribution >= 0.6 is 0 Å². The second-order valence-electron chi connectivity index (χ2n) is 6.57. The fraction of sp³-hybridized carbons (Fsp3) is 0.200. The van der Waals surface area contributed by atoms with E-state index in [9.17, 15) is 18.0 Å². The number of halogens is 3. The van der Waals surface area contributed by atoms with Gasteiger partial charge in [0.1, 0.15) is 0 Å². The Morgan fingerprint density at radius 2 is 2.00 bits per heavy atom. The van der Waals surface area contributed by atoms with Crippen molar-refractivity contribution in [2.24, 2.45) is 0 Å². The lowest BCUT2D eigenvalue weighted by Crippen LogP contribution is -2.33. The number of benzene rings is 2. The summed E-state index contributed by atoms with van der Waals surface area (Å²) in [5, 5.41) is 11.7. The van der Waals surface area contributed by atoms with E-state index >= 15 is 0 Å². The molecule has 0 fully saturated rings. The molecule has 6 nitrogen and oxygen atoms in total. The minimum atomic E-state index is -4.38. The fourth-order valence-electron chi connectivity index (χ4n) is 3.19. The number of H-pyrrole nitrogens is 1. The van der Waals surface area contributed by atoms with Gasteiger partial charge in [-0.2, -0.15) is 18.3 Å². The van der Waals surface area contributed by atoms with Crippen LogP contribution in [0.5, 0.6) is 0 Å². The van der Waals surface area contributed by atoms with Crippen LogP contribution in [0.25, 0.3) is 16.5 Å². The van der Waals surface area contributed by atoms with Crippen molar-refractivity contribution in [3.05, 3.63) is 65.7 Å². The first-order valence-electron chi connectivity index (χ1n) is 8.94. The van der Waals surface area contributed by atoms with E-state index in [2.05, 4.69) is 15.5 Å². The third-order valence-corrected chi connectivity index (χ3v) is 4.64. The topological polar surface area (TPSA) is 70.2 Å². The number of fused-ring (bicyclic) bond motifs is 1. The van der Waals surface area contributed by atoms with Gasteiger partial charge >= 0.3 is 12.3 Å².